The van der Waals surface area contributed by atoms with E-state index in [4.69, 9.17) is 9.15 Å². The number of methoxy groups -OCH3 is 1. The van der Waals surface area contributed by atoms with E-state index >= 15 is 0 Å². The van der Waals surface area contributed by atoms with Crippen LogP contribution in [-0.2, 0) is 10.5 Å². The number of rotatable bonds is 7. The molecule has 1 amide bonds. The van der Waals surface area contributed by atoms with E-state index in [1.54, 1.807) is 25.1 Å². The van der Waals surface area contributed by atoms with Crippen molar-refractivity contribution in [3.63, 3.8) is 0 Å². The second-order valence-corrected chi connectivity index (χ2v) is 7.65. The third-order valence-electron chi connectivity index (χ3n) is 4.88. The molecule has 0 bridgehead atoms. The number of hydrogen-bond donors (Lipinski definition) is 0. The molecule has 6 heteroatoms. The molecule has 0 saturated heterocycles. The number of carbonyl (C=O) groups is 1. The zero-order chi connectivity index (χ0) is 18.4. The van der Waals surface area contributed by atoms with Crippen LogP contribution >= 0.6 is 11.8 Å². The van der Waals surface area contributed by atoms with Crippen LogP contribution < -0.4 is 4.74 Å². The van der Waals surface area contributed by atoms with E-state index in [2.05, 4.69) is 4.98 Å². The van der Waals surface area contributed by atoms with Gasteiger partial charge in [-0.1, -0.05) is 19.3 Å². The maximum absolute atomic E-state index is 12.4. The van der Waals surface area contributed by atoms with Crippen molar-refractivity contribution in [2.24, 2.45) is 0 Å². The Hall–Kier alpha value is -1.95. The van der Waals surface area contributed by atoms with Crippen molar-refractivity contribution >= 4 is 17.7 Å². The number of aromatic nitrogens is 1. The maximum Gasteiger partial charge on any atom is 0.232 e. The number of amides is 1. The highest BCUT2D eigenvalue weighted by Crippen LogP contribution is 2.24. The lowest BCUT2D eigenvalue weighted by atomic mass is 9.94. The quantitative estimate of drug-likeness (QED) is 0.720. The van der Waals surface area contributed by atoms with E-state index in [1.165, 1.54) is 19.3 Å². The number of benzene rings is 1. The summed E-state index contributed by atoms with van der Waals surface area (Å²) in [6, 6.07) is 8.03. The number of oxazole rings is 1. The minimum Gasteiger partial charge on any atom is -0.497 e. The Labute approximate surface area is 159 Å². The van der Waals surface area contributed by atoms with Crippen LogP contribution in [0.2, 0.25) is 0 Å². The molecule has 5 nitrogen and oxygen atoms in total. The average Bonchev–Trinajstić information content (AvgIpc) is 3.17. The lowest BCUT2D eigenvalue weighted by Crippen LogP contribution is -2.39. The van der Waals surface area contributed by atoms with Gasteiger partial charge in [0.05, 0.1) is 18.6 Å². The summed E-state index contributed by atoms with van der Waals surface area (Å²) >= 11 is 1.59. The summed E-state index contributed by atoms with van der Waals surface area (Å²) in [7, 11) is 3.58. The van der Waals surface area contributed by atoms with Crippen LogP contribution in [0, 0.1) is 0 Å². The summed E-state index contributed by atoms with van der Waals surface area (Å²) in [6.45, 7) is 0. The molecule has 0 spiro atoms. The molecule has 0 unspecified atom stereocenters. The summed E-state index contributed by atoms with van der Waals surface area (Å²) in [5.41, 5.74) is 1.77. The summed E-state index contributed by atoms with van der Waals surface area (Å²) in [6.07, 6.45) is 7.73. The van der Waals surface area contributed by atoms with E-state index in [0.717, 1.165) is 29.8 Å². The Kier molecular flexibility index (Phi) is 6.61. The van der Waals surface area contributed by atoms with Crippen LogP contribution in [0.4, 0.5) is 0 Å². The number of thioether (sulfide) groups is 1. The molecule has 0 aliphatic heterocycles. The third-order valence-corrected chi connectivity index (χ3v) is 5.83. The van der Waals surface area contributed by atoms with Crippen molar-refractivity contribution in [3.8, 4) is 17.2 Å². The summed E-state index contributed by atoms with van der Waals surface area (Å²) < 4.78 is 10.7. The van der Waals surface area contributed by atoms with Gasteiger partial charge in [0.15, 0.2) is 0 Å². The van der Waals surface area contributed by atoms with Gasteiger partial charge in [-0.3, -0.25) is 4.79 Å². The van der Waals surface area contributed by atoms with Crippen LogP contribution in [0.25, 0.3) is 11.5 Å². The van der Waals surface area contributed by atoms with Crippen molar-refractivity contribution in [3.05, 3.63) is 36.2 Å². The zero-order valence-electron chi connectivity index (χ0n) is 15.4. The van der Waals surface area contributed by atoms with Gasteiger partial charge in [-0.15, -0.1) is 11.8 Å². The Morgan fingerprint density at radius 3 is 2.69 bits per heavy atom. The van der Waals surface area contributed by atoms with Crippen LogP contribution in [0.15, 0.2) is 34.9 Å². The van der Waals surface area contributed by atoms with Gasteiger partial charge in [0.2, 0.25) is 11.8 Å². The highest BCUT2D eigenvalue weighted by molar-refractivity contribution is 7.99. The van der Waals surface area contributed by atoms with E-state index in [-0.39, 0.29) is 5.91 Å². The van der Waals surface area contributed by atoms with E-state index in [9.17, 15) is 4.79 Å². The summed E-state index contributed by atoms with van der Waals surface area (Å²) in [5.74, 6) is 2.76. The van der Waals surface area contributed by atoms with Crippen molar-refractivity contribution < 1.29 is 13.9 Å². The smallest absolute Gasteiger partial charge is 0.232 e. The Bertz CT molecular complexity index is 708. The van der Waals surface area contributed by atoms with Crippen LogP contribution in [0.3, 0.4) is 0 Å². The molecule has 3 rings (SSSR count). The van der Waals surface area contributed by atoms with Gasteiger partial charge in [-0.25, -0.2) is 4.98 Å². The molecular formula is C20H26N2O3S. The lowest BCUT2D eigenvalue weighted by molar-refractivity contribution is -0.129. The van der Waals surface area contributed by atoms with Gasteiger partial charge < -0.3 is 14.1 Å². The van der Waals surface area contributed by atoms with E-state index < -0.39 is 0 Å². The summed E-state index contributed by atoms with van der Waals surface area (Å²) in [5, 5.41) is 0. The molecule has 0 atom stereocenters. The minimum atomic E-state index is 0.209. The van der Waals surface area contributed by atoms with E-state index in [0.29, 0.717) is 23.4 Å². The normalized spacial score (nSPS) is 15.0. The van der Waals surface area contributed by atoms with Gasteiger partial charge in [0.1, 0.15) is 12.0 Å². The minimum absolute atomic E-state index is 0.209. The Morgan fingerprint density at radius 1 is 1.27 bits per heavy atom. The monoisotopic (exact) mass is 374 g/mol. The van der Waals surface area contributed by atoms with Crippen molar-refractivity contribution in [2.45, 2.75) is 43.9 Å². The van der Waals surface area contributed by atoms with Gasteiger partial charge in [-0.05, 0) is 37.1 Å². The van der Waals surface area contributed by atoms with Crippen molar-refractivity contribution in [1.29, 1.82) is 0 Å². The molecule has 0 N–H and O–H groups in total. The molecule has 26 heavy (non-hydrogen) atoms. The molecule has 1 heterocycles. The second-order valence-electron chi connectivity index (χ2n) is 6.66. The second kappa shape index (κ2) is 9.12. The zero-order valence-corrected chi connectivity index (χ0v) is 16.3. The highest BCUT2D eigenvalue weighted by Gasteiger charge is 2.21. The van der Waals surface area contributed by atoms with Gasteiger partial charge in [0.25, 0.3) is 0 Å². The molecule has 1 aromatic heterocycles. The topological polar surface area (TPSA) is 55.6 Å². The molecular weight excluding hydrogens is 348 g/mol. The SMILES string of the molecule is COc1ccc(-c2nc(CSCC(=O)N(C)C3CCCCC3)co2)cc1. The predicted molar refractivity (Wildman–Crippen MR) is 104 cm³/mol. The lowest BCUT2D eigenvalue weighted by Gasteiger charge is -2.31. The molecule has 1 saturated carbocycles. The first-order chi connectivity index (χ1) is 12.7. The first-order valence-corrected chi connectivity index (χ1v) is 10.2. The molecule has 0 radical (unpaired) electrons. The van der Waals surface area contributed by atoms with Crippen LogP contribution in [0.5, 0.6) is 5.75 Å². The van der Waals surface area contributed by atoms with Crippen molar-refractivity contribution in [1.82, 2.24) is 9.88 Å². The van der Waals surface area contributed by atoms with E-state index in [1.807, 2.05) is 36.2 Å². The molecule has 1 aromatic carbocycles. The standard InChI is InChI=1S/C20H26N2O3S/c1-22(17-6-4-3-5-7-17)19(23)14-26-13-16-12-25-20(21-16)15-8-10-18(24-2)11-9-15/h8-12,17H,3-7,13-14H2,1-2H3. The van der Waals surface area contributed by atoms with Crippen molar-refractivity contribution in [2.75, 3.05) is 19.9 Å². The number of hydrogen-bond acceptors (Lipinski definition) is 5. The molecule has 1 aliphatic rings. The molecule has 1 aliphatic carbocycles. The largest absolute Gasteiger partial charge is 0.497 e. The number of carbonyl (C=O) groups excluding carboxylic acids is 1. The van der Waals surface area contributed by atoms with Gasteiger partial charge in [-0.2, -0.15) is 0 Å². The number of nitrogens with zero attached hydrogens (tertiary/aromatic N) is 2. The fourth-order valence-electron chi connectivity index (χ4n) is 3.26. The first kappa shape index (κ1) is 18.8. The Morgan fingerprint density at radius 2 is 2.00 bits per heavy atom. The summed E-state index contributed by atoms with van der Waals surface area (Å²) in [4.78, 5) is 18.8. The predicted octanol–water partition coefficient (Wildman–Crippen LogP) is 4.37. The maximum atomic E-state index is 12.4. The molecule has 2 aromatic rings. The fourth-order valence-corrected chi connectivity index (χ4v) is 4.08. The number of ether oxygens (including phenoxy) is 1. The molecule has 1 fully saturated rings. The highest BCUT2D eigenvalue weighted by atomic mass is 32.2. The third kappa shape index (κ3) is 4.81. The Balaban J connectivity index is 1.47. The molecule has 140 valence electrons. The fraction of sp³-hybridized carbons (Fsp3) is 0.500. The van der Waals surface area contributed by atoms with Crippen LogP contribution in [-0.4, -0.2) is 41.7 Å². The van der Waals surface area contributed by atoms with Crippen LogP contribution in [0.1, 0.15) is 37.8 Å². The van der Waals surface area contributed by atoms with Gasteiger partial charge >= 0.3 is 0 Å². The first-order valence-electron chi connectivity index (χ1n) is 9.09. The average molecular weight is 375 g/mol. The van der Waals surface area contributed by atoms with Gasteiger partial charge in [0, 0.05) is 24.4 Å².